The number of hydrogen-bond acceptors (Lipinski definition) is 4. The molecule has 0 aliphatic rings. The van der Waals surface area contributed by atoms with Crippen LogP contribution in [0.25, 0.3) is 10.5 Å². The van der Waals surface area contributed by atoms with Crippen LogP contribution in [0.1, 0.15) is 33.4 Å². The predicted molar refractivity (Wildman–Crippen MR) is 126 cm³/mol. The number of methoxy groups -OCH3 is 1. The molecule has 0 saturated heterocycles. The molecule has 170 valence electrons. The van der Waals surface area contributed by atoms with Crippen LogP contribution in [0.15, 0.2) is 72.8 Å². The maximum absolute atomic E-state index is 14.6. The second-order valence-electron chi connectivity index (χ2n) is 7.59. The summed E-state index contributed by atoms with van der Waals surface area (Å²) >= 11 is 0. The van der Waals surface area contributed by atoms with Crippen LogP contribution in [0.3, 0.4) is 0 Å². The Morgan fingerprint density at radius 2 is 1.88 bits per heavy atom. The average molecular weight is 456 g/mol. The number of halogens is 1. The van der Waals surface area contributed by atoms with E-state index in [1.165, 1.54) is 30.0 Å². The van der Waals surface area contributed by atoms with Crippen molar-refractivity contribution in [3.05, 3.63) is 113 Å². The number of aromatic nitrogens is 2. The van der Waals surface area contributed by atoms with Crippen molar-refractivity contribution in [3.8, 4) is 11.4 Å². The van der Waals surface area contributed by atoms with Gasteiger partial charge in [0.25, 0.3) is 5.91 Å². The van der Waals surface area contributed by atoms with Crippen LogP contribution >= 0.6 is 0 Å². The molecule has 2 N–H and O–H groups in total. The zero-order chi connectivity index (χ0) is 24.2. The third-order valence-electron chi connectivity index (χ3n) is 5.23. The van der Waals surface area contributed by atoms with E-state index in [0.29, 0.717) is 33.9 Å². The van der Waals surface area contributed by atoms with Crippen molar-refractivity contribution in [1.82, 2.24) is 9.78 Å². The molecule has 1 unspecified atom stereocenters. The Kier molecular flexibility index (Phi) is 6.39. The van der Waals surface area contributed by atoms with Crippen LogP contribution in [0, 0.1) is 19.3 Å². The summed E-state index contributed by atoms with van der Waals surface area (Å²) in [5.74, 6) is -0.647. The third kappa shape index (κ3) is 4.65. The van der Waals surface area contributed by atoms with Crippen LogP contribution in [-0.2, 0) is 0 Å². The second-order valence-corrected chi connectivity index (χ2v) is 7.59. The Morgan fingerprint density at radius 1 is 1.12 bits per heavy atom. The molecule has 1 atom stereocenters. The summed E-state index contributed by atoms with van der Waals surface area (Å²) in [6.45, 7) is 8.94. The van der Waals surface area contributed by atoms with E-state index in [4.69, 9.17) is 11.3 Å². The summed E-state index contributed by atoms with van der Waals surface area (Å²) in [6, 6.07) is 19.2. The van der Waals surface area contributed by atoms with Gasteiger partial charge < -0.3 is 15.2 Å². The van der Waals surface area contributed by atoms with Crippen LogP contribution in [0.2, 0.25) is 0 Å². The molecular weight excluding hydrogens is 435 g/mol. The number of aliphatic hydroxyl groups excluding tert-OH is 1. The van der Waals surface area contributed by atoms with Gasteiger partial charge in [-0.1, -0.05) is 30.3 Å². The summed E-state index contributed by atoms with van der Waals surface area (Å²) in [5, 5.41) is 17.7. The van der Waals surface area contributed by atoms with E-state index in [1.807, 2.05) is 0 Å². The van der Waals surface area contributed by atoms with Crippen LogP contribution in [0.5, 0.6) is 5.75 Å². The van der Waals surface area contributed by atoms with Gasteiger partial charge in [-0.25, -0.2) is 13.9 Å². The Bertz CT molecular complexity index is 1410. The predicted octanol–water partition coefficient (Wildman–Crippen LogP) is 5.21. The number of rotatable bonds is 6. The molecule has 1 heterocycles. The maximum Gasteiger partial charge on any atom is 0.274 e. The zero-order valence-electron chi connectivity index (χ0n) is 18.5. The number of aliphatic hydroxyl groups is 1. The molecule has 0 radical (unpaired) electrons. The standard InChI is InChI=1S/C26H21FN4O3/c1-16-12-24(31(30-16)20-8-5-7-19(15-20)28-2)26(33)29-23-14-18(10-11-22(23)27)25(32)17-6-4-9-21(13-17)34-3/h4-15,25,32H,1,3H3,(H,29,33). The van der Waals surface area contributed by atoms with Crippen molar-refractivity contribution in [1.29, 1.82) is 0 Å². The molecule has 8 heteroatoms. The molecule has 0 fully saturated rings. The minimum Gasteiger partial charge on any atom is -0.497 e. The number of nitrogens with one attached hydrogen (secondary N) is 1. The highest BCUT2D eigenvalue weighted by atomic mass is 19.1. The van der Waals surface area contributed by atoms with E-state index in [0.717, 1.165) is 0 Å². The van der Waals surface area contributed by atoms with Gasteiger partial charge in [0.05, 0.1) is 30.8 Å². The van der Waals surface area contributed by atoms with Gasteiger partial charge in [-0.3, -0.25) is 4.79 Å². The fourth-order valence-corrected chi connectivity index (χ4v) is 3.55. The van der Waals surface area contributed by atoms with Crippen LogP contribution in [0.4, 0.5) is 15.8 Å². The quantitative estimate of drug-likeness (QED) is 0.390. The fourth-order valence-electron chi connectivity index (χ4n) is 3.55. The summed E-state index contributed by atoms with van der Waals surface area (Å²) in [6.07, 6.45) is -1.05. The smallest absolute Gasteiger partial charge is 0.274 e. The summed E-state index contributed by atoms with van der Waals surface area (Å²) in [7, 11) is 1.53. The van der Waals surface area contributed by atoms with Gasteiger partial charge >= 0.3 is 0 Å². The number of ether oxygens (including phenoxy) is 1. The molecule has 34 heavy (non-hydrogen) atoms. The molecule has 1 amide bonds. The van der Waals surface area contributed by atoms with Crippen LogP contribution < -0.4 is 10.1 Å². The van der Waals surface area contributed by atoms with E-state index in [2.05, 4.69) is 15.3 Å². The Balaban J connectivity index is 1.64. The molecule has 1 aromatic heterocycles. The average Bonchev–Trinajstić information content (AvgIpc) is 3.26. The number of hydrogen-bond donors (Lipinski definition) is 2. The van der Waals surface area contributed by atoms with E-state index in [1.54, 1.807) is 61.5 Å². The third-order valence-corrected chi connectivity index (χ3v) is 5.23. The van der Waals surface area contributed by atoms with Crippen LogP contribution in [-0.4, -0.2) is 27.9 Å². The van der Waals surface area contributed by atoms with Crippen molar-refractivity contribution >= 4 is 17.3 Å². The molecule has 4 aromatic rings. The first-order valence-corrected chi connectivity index (χ1v) is 10.4. The lowest BCUT2D eigenvalue weighted by Crippen LogP contribution is -2.18. The highest BCUT2D eigenvalue weighted by Gasteiger charge is 2.19. The van der Waals surface area contributed by atoms with Crippen molar-refractivity contribution in [2.45, 2.75) is 13.0 Å². The summed E-state index contributed by atoms with van der Waals surface area (Å²) in [4.78, 5) is 16.5. The van der Waals surface area contributed by atoms with Crippen molar-refractivity contribution in [2.75, 3.05) is 12.4 Å². The lowest BCUT2D eigenvalue weighted by Gasteiger charge is -2.15. The summed E-state index contributed by atoms with van der Waals surface area (Å²) < 4.78 is 21.2. The molecular formula is C26H21FN4O3. The molecule has 4 rings (SSSR count). The van der Waals surface area contributed by atoms with Crippen molar-refractivity contribution in [2.24, 2.45) is 0 Å². The first kappa shape index (κ1) is 22.7. The van der Waals surface area contributed by atoms with E-state index >= 15 is 0 Å². The molecule has 0 bridgehead atoms. The second kappa shape index (κ2) is 9.57. The topological polar surface area (TPSA) is 80.7 Å². The molecule has 0 spiro atoms. The molecule has 7 nitrogen and oxygen atoms in total. The largest absolute Gasteiger partial charge is 0.497 e. The van der Waals surface area contributed by atoms with Gasteiger partial charge in [0, 0.05) is 0 Å². The molecule has 3 aromatic carbocycles. The van der Waals surface area contributed by atoms with Gasteiger partial charge in [0.2, 0.25) is 0 Å². The number of carbonyl (C=O) groups excluding carboxylic acids is 1. The normalized spacial score (nSPS) is 11.5. The number of carbonyl (C=O) groups is 1. The minimum absolute atomic E-state index is 0.0789. The van der Waals surface area contributed by atoms with Gasteiger partial charge in [-0.05, 0) is 60.5 Å². The molecule has 0 aliphatic heterocycles. The van der Waals surface area contributed by atoms with E-state index in [9.17, 15) is 14.3 Å². The Labute approximate surface area is 195 Å². The van der Waals surface area contributed by atoms with Crippen molar-refractivity contribution < 1.29 is 19.0 Å². The number of aryl methyl sites for hydroxylation is 1. The van der Waals surface area contributed by atoms with E-state index in [-0.39, 0.29) is 11.4 Å². The minimum atomic E-state index is -1.05. The number of benzene rings is 3. The van der Waals surface area contributed by atoms with Crippen molar-refractivity contribution in [3.63, 3.8) is 0 Å². The highest BCUT2D eigenvalue weighted by Crippen LogP contribution is 2.28. The SMILES string of the molecule is [C-]#[N+]c1cccc(-n2nc(C)cc2C(=O)Nc2cc(C(O)c3cccc(OC)c3)ccc2F)c1. The van der Waals surface area contributed by atoms with Gasteiger partial charge in [0.15, 0.2) is 5.69 Å². The lowest BCUT2D eigenvalue weighted by molar-refractivity contribution is 0.101. The first-order valence-electron chi connectivity index (χ1n) is 10.4. The first-order chi connectivity index (χ1) is 16.4. The lowest BCUT2D eigenvalue weighted by atomic mass is 10.0. The Morgan fingerprint density at radius 3 is 2.65 bits per heavy atom. The number of anilines is 1. The monoisotopic (exact) mass is 456 g/mol. The summed E-state index contributed by atoms with van der Waals surface area (Å²) in [5.41, 5.74) is 2.59. The zero-order valence-corrected chi connectivity index (χ0v) is 18.5. The molecule has 0 saturated carbocycles. The van der Waals surface area contributed by atoms with E-state index < -0.39 is 17.8 Å². The van der Waals surface area contributed by atoms with Gasteiger partial charge in [-0.15, -0.1) is 0 Å². The fraction of sp³-hybridized carbons (Fsp3) is 0.115. The highest BCUT2D eigenvalue weighted by molar-refractivity contribution is 6.03. The van der Waals surface area contributed by atoms with Gasteiger partial charge in [-0.2, -0.15) is 5.10 Å². The maximum atomic E-state index is 14.6. The number of amides is 1. The Hall–Kier alpha value is -4.48. The van der Waals surface area contributed by atoms with Gasteiger partial charge in [0.1, 0.15) is 23.4 Å². The number of nitrogens with zero attached hydrogens (tertiary/aromatic N) is 3. The molecule has 0 aliphatic carbocycles.